The second-order valence-electron chi connectivity index (χ2n) is 16.8. The Hall–Kier alpha value is -8.60. The maximum absolute atomic E-state index is 7.26. The molecule has 0 radical (unpaired) electrons. The van der Waals surface area contributed by atoms with E-state index in [0.29, 0.717) is 0 Å². The molecule has 0 fully saturated rings. The van der Waals surface area contributed by atoms with Gasteiger partial charge in [-0.3, -0.25) is 4.57 Å². The first-order chi connectivity index (χ1) is 31.8. The predicted molar refractivity (Wildman–Crippen MR) is 267 cm³/mol. The fourth-order valence-electron chi connectivity index (χ4n) is 10.5. The molecular formula is C60H35N3O. The van der Waals surface area contributed by atoms with Crippen LogP contribution in [0.4, 0.5) is 0 Å². The van der Waals surface area contributed by atoms with Crippen molar-refractivity contribution < 1.29 is 4.42 Å². The Kier molecular flexibility index (Phi) is 7.36. The van der Waals surface area contributed by atoms with E-state index in [0.717, 1.165) is 126 Å². The fourth-order valence-corrected chi connectivity index (χ4v) is 10.5. The summed E-state index contributed by atoms with van der Waals surface area (Å²) in [7, 11) is 0. The molecule has 0 saturated heterocycles. The van der Waals surface area contributed by atoms with Gasteiger partial charge in [0, 0.05) is 37.9 Å². The van der Waals surface area contributed by atoms with Gasteiger partial charge in [-0.1, -0.05) is 188 Å². The molecule has 4 heteroatoms. The van der Waals surface area contributed by atoms with Crippen molar-refractivity contribution in [3.8, 4) is 39.3 Å². The molecule has 296 valence electrons. The van der Waals surface area contributed by atoms with Crippen molar-refractivity contribution >= 4 is 97.9 Å². The van der Waals surface area contributed by atoms with E-state index in [-0.39, 0.29) is 0 Å². The topological polar surface area (TPSA) is 43.9 Å². The Balaban J connectivity index is 1.22. The molecule has 0 aliphatic rings. The Bertz CT molecular complexity index is 4240. The highest BCUT2D eigenvalue weighted by Gasteiger charge is 2.27. The van der Waals surface area contributed by atoms with Crippen LogP contribution in [0.25, 0.3) is 137 Å². The van der Waals surface area contributed by atoms with Crippen LogP contribution in [0.3, 0.4) is 0 Å². The zero-order valence-corrected chi connectivity index (χ0v) is 34.5. The number of fused-ring (bicyclic) bond motifs is 18. The average molecular weight is 814 g/mol. The lowest BCUT2D eigenvalue weighted by molar-refractivity contribution is 0.671. The van der Waals surface area contributed by atoms with Crippen molar-refractivity contribution in [1.29, 1.82) is 0 Å². The first-order valence-electron chi connectivity index (χ1n) is 21.8. The summed E-state index contributed by atoms with van der Waals surface area (Å²) in [6, 6.07) is 75.8. The minimum Gasteiger partial charge on any atom is -0.454 e. The van der Waals surface area contributed by atoms with E-state index in [2.05, 4.69) is 217 Å². The maximum atomic E-state index is 7.26. The van der Waals surface area contributed by atoms with E-state index in [1.807, 2.05) is 0 Å². The van der Waals surface area contributed by atoms with Crippen molar-refractivity contribution in [3.63, 3.8) is 0 Å². The third-order valence-corrected chi connectivity index (χ3v) is 13.3. The van der Waals surface area contributed by atoms with Gasteiger partial charge in [-0.05, 0) is 78.8 Å². The van der Waals surface area contributed by atoms with E-state index in [1.54, 1.807) is 0 Å². The second kappa shape index (κ2) is 13.4. The molecule has 64 heavy (non-hydrogen) atoms. The smallest absolute Gasteiger partial charge is 0.165 e. The minimum atomic E-state index is 0.743. The van der Waals surface area contributed by atoms with Crippen molar-refractivity contribution in [2.45, 2.75) is 0 Å². The third kappa shape index (κ3) is 4.99. The van der Waals surface area contributed by atoms with Gasteiger partial charge in [0.2, 0.25) is 0 Å². The number of benzene rings is 11. The van der Waals surface area contributed by atoms with Crippen LogP contribution < -0.4 is 0 Å². The summed E-state index contributed by atoms with van der Waals surface area (Å²) in [4.78, 5) is 11.7. The van der Waals surface area contributed by atoms with Crippen LogP contribution in [0, 0.1) is 0 Å². The van der Waals surface area contributed by atoms with Gasteiger partial charge in [0.1, 0.15) is 11.3 Å². The summed E-state index contributed by atoms with van der Waals surface area (Å²) in [6.07, 6.45) is 0. The molecule has 0 aliphatic heterocycles. The monoisotopic (exact) mass is 813 g/mol. The van der Waals surface area contributed by atoms with Gasteiger partial charge in [-0.15, -0.1) is 0 Å². The van der Waals surface area contributed by atoms with Crippen LogP contribution in [-0.2, 0) is 0 Å². The molecule has 0 unspecified atom stereocenters. The Morgan fingerprint density at radius 3 is 1.59 bits per heavy atom. The standard InChI is InChI=1S/C60H35N3O/c1-3-16-36(17-4-1)39-21-15-22-41(34-39)55-60(62-57-48-29-14-10-25-44(48)43-24-9-13-28-47(43)56(57)61-55)63-50-32-30-40(37-18-5-2-6-19-37)35-49(50)52-45-26-11-12-27-46(45)54-53-42-23-8-7-20-38(42)31-33-51(53)64-59(54)58(52)63/h1-35H. The minimum absolute atomic E-state index is 0.743. The molecule has 4 nitrogen and oxygen atoms in total. The van der Waals surface area contributed by atoms with Crippen LogP contribution in [0.5, 0.6) is 0 Å². The largest absolute Gasteiger partial charge is 0.454 e. The molecule has 14 rings (SSSR count). The second-order valence-corrected chi connectivity index (χ2v) is 16.8. The molecule has 3 aromatic heterocycles. The van der Waals surface area contributed by atoms with Crippen LogP contribution in [0.2, 0.25) is 0 Å². The van der Waals surface area contributed by atoms with Gasteiger partial charge < -0.3 is 4.42 Å². The maximum Gasteiger partial charge on any atom is 0.165 e. The van der Waals surface area contributed by atoms with Crippen molar-refractivity contribution in [2.75, 3.05) is 0 Å². The lowest BCUT2D eigenvalue weighted by Gasteiger charge is -2.17. The van der Waals surface area contributed by atoms with E-state index in [9.17, 15) is 0 Å². The first-order valence-corrected chi connectivity index (χ1v) is 21.8. The molecule has 11 aromatic carbocycles. The first kappa shape index (κ1) is 35.0. The average Bonchev–Trinajstić information content (AvgIpc) is 3.94. The molecular weight excluding hydrogens is 779 g/mol. The summed E-state index contributed by atoms with van der Waals surface area (Å²) in [5.74, 6) is 0.743. The summed E-state index contributed by atoms with van der Waals surface area (Å²) in [6.45, 7) is 0. The highest BCUT2D eigenvalue weighted by Crippen LogP contribution is 2.49. The third-order valence-electron chi connectivity index (χ3n) is 13.3. The SMILES string of the molecule is c1ccc(-c2cccc(-c3nc4c5ccccc5c5ccccc5c4nc3-n3c4ccc(-c5ccccc5)cc4c4c5ccccc5c5c(oc6ccc7ccccc7c65)c43)c2)cc1. The number of furan rings is 1. The van der Waals surface area contributed by atoms with Gasteiger partial charge >= 0.3 is 0 Å². The molecule has 0 spiro atoms. The lowest BCUT2D eigenvalue weighted by atomic mass is 9.96. The molecule has 0 bridgehead atoms. The van der Waals surface area contributed by atoms with Gasteiger partial charge in [0.15, 0.2) is 11.4 Å². The van der Waals surface area contributed by atoms with Crippen LogP contribution in [0.1, 0.15) is 0 Å². The van der Waals surface area contributed by atoms with Crippen molar-refractivity contribution in [1.82, 2.24) is 14.5 Å². The molecule has 0 saturated carbocycles. The Morgan fingerprint density at radius 1 is 0.344 bits per heavy atom. The summed E-state index contributed by atoms with van der Waals surface area (Å²) in [5, 5.41) is 13.6. The normalized spacial score (nSPS) is 12.1. The number of hydrogen-bond acceptors (Lipinski definition) is 3. The van der Waals surface area contributed by atoms with Crippen LogP contribution in [0.15, 0.2) is 217 Å². The Morgan fingerprint density at radius 2 is 0.891 bits per heavy atom. The molecule has 0 atom stereocenters. The zero-order chi connectivity index (χ0) is 41.9. The number of hydrogen-bond donors (Lipinski definition) is 0. The predicted octanol–water partition coefficient (Wildman–Crippen LogP) is 16.2. The van der Waals surface area contributed by atoms with Gasteiger partial charge in [0.25, 0.3) is 0 Å². The van der Waals surface area contributed by atoms with E-state index in [1.165, 1.54) is 10.8 Å². The molecule has 0 amide bonds. The summed E-state index contributed by atoms with van der Waals surface area (Å²) in [5.41, 5.74) is 11.7. The van der Waals surface area contributed by atoms with Gasteiger partial charge in [0.05, 0.1) is 22.1 Å². The fraction of sp³-hybridized carbons (Fsp3) is 0. The van der Waals surface area contributed by atoms with Crippen LogP contribution >= 0.6 is 0 Å². The van der Waals surface area contributed by atoms with Gasteiger partial charge in [-0.2, -0.15) is 0 Å². The molecule has 3 heterocycles. The number of aromatic nitrogens is 3. The van der Waals surface area contributed by atoms with Crippen LogP contribution in [-0.4, -0.2) is 14.5 Å². The van der Waals surface area contributed by atoms with E-state index >= 15 is 0 Å². The highest BCUT2D eigenvalue weighted by molar-refractivity contribution is 6.37. The number of nitrogens with zero attached hydrogens (tertiary/aromatic N) is 3. The van der Waals surface area contributed by atoms with Crippen molar-refractivity contribution in [3.05, 3.63) is 212 Å². The lowest BCUT2D eigenvalue weighted by Crippen LogP contribution is -2.05. The Labute approximate surface area is 366 Å². The molecule has 0 aliphatic carbocycles. The summed E-state index contributed by atoms with van der Waals surface area (Å²) >= 11 is 0. The van der Waals surface area contributed by atoms with Gasteiger partial charge in [-0.25, -0.2) is 9.97 Å². The highest BCUT2D eigenvalue weighted by atomic mass is 16.3. The van der Waals surface area contributed by atoms with Crippen molar-refractivity contribution in [2.24, 2.45) is 0 Å². The number of rotatable bonds is 4. The van der Waals surface area contributed by atoms with E-state index in [4.69, 9.17) is 14.4 Å². The molecule has 0 N–H and O–H groups in total. The quantitative estimate of drug-likeness (QED) is 0.166. The van der Waals surface area contributed by atoms with E-state index < -0.39 is 0 Å². The molecule has 14 aromatic rings. The summed E-state index contributed by atoms with van der Waals surface area (Å²) < 4.78 is 9.62. The zero-order valence-electron chi connectivity index (χ0n) is 34.5.